The summed E-state index contributed by atoms with van der Waals surface area (Å²) in [6.07, 6.45) is -4.02. The molecule has 0 radical (unpaired) electrons. The number of halogens is 3. The Balaban J connectivity index is 1.85. The molecule has 0 heterocycles. The quantitative estimate of drug-likeness (QED) is 0.561. The van der Waals surface area contributed by atoms with E-state index in [0.717, 1.165) is 0 Å². The van der Waals surface area contributed by atoms with Crippen molar-refractivity contribution >= 4 is 17.5 Å². The van der Waals surface area contributed by atoms with E-state index in [-0.39, 0.29) is 30.2 Å². The Morgan fingerprint density at radius 1 is 0.967 bits per heavy atom. The van der Waals surface area contributed by atoms with Crippen LogP contribution in [0.3, 0.4) is 0 Å². The third-order valence-electron chi connectivity index (χ3n) is 3.85. The average molecular weight is 424 g/mol. The normalized spacial score (nSPS) is 10.9. The smallest absolute Gasteiger partial charge is 0.405 e. The zero-order valence-corrected chi connectivity index (χ0v) is 16.4. The van der Waals surface area contributed by atoms with Gasteiger partial charge in [0.05, 0.1) is 24.5 Å². The molecule has 0 atom stereocenters. The van der Waals surface area contributed by atoms with Crippen molar-refractivity contribution < 1.29 is 32.2 Å². The van der Waals surface area contributed by atoms with Crippen LogP contribution in [0.2, 0.25) is 0 Å². The van der Waals surface area contributed by atoms with Crippen LogP contribution in [-0.4, -0.2) is 37.7 Å². The number of nitrogens with one attached hydrogen (secondary N) is 2. The largest absolute Gasteiger partial charge is 0.490 e. The van der Waals surface area contributed by atoms with Crippen LogP contribution in [0.5, 0.6) is 11.5 Å². The predicted molar refractivity (Wildman–Crippen MR) is 106 cm³/mol. The predicted octanol–water partition coefficient (Wildman–Crippen LogP) is 4.18. The third kappa shape index (κ3) is 7.65. The summed E-state index contributed by atoms with van der Waals surface area (Å²) in [4.78, 5) is 24.2. The van der Waals surface area contributed by atoms with E-state index in [1.807, 2.05) is 19.1 Å². The van der Waals surface area contributed by atoms with Crippen molar-refractivity contribution in [2.75, 3.05) is 25.1 Å². The van der Waals surface area contributed by atoms with Crippen LogP contribution in [-0.2, 0) is 4.79 Å². The number of amides is 2. The summed E-state index contributed by atoms with van der Waals surface area (Å²) < 4.78 is 48.0. The lowest BCUT2D eigenvalue weighted by atomic mass is 10.1. The number of benzene rings is 2. The van der Waals surface area contributed by atoms with E-state index in [0.29, 0.717) is 24.5 Å². The van der Waals surface area contributed by atoms with Crippen LogP contribution in [0.1, 0.15) is 30.1 Å². The number of carbonyl (C=O) groups excluding carboxylic acids is 2. The lowest BCUT2D eigenvalue weighted by Crippen LogP contribution is -2.34. The van der Waals surface area contributed by atoms with Gasteiger partial charge in [0, 0.05) is 6.42 Å². The van der Waals surface area contributed by atoms with Crippen molar-refractivity contribution in [3.63, 3.8) is 0 Å². The van der Waals surface area contributed by atoms with Gasteiger partial charge in [-0.2, -0.15) is 13.2 Å². The van der Waals surface area contributed by atoms with Crippen LogP contribution in [0, 0.1) is 0 Å². The van der Waals surface area contributed by atoms with E-state index in [2.05, 4.69) is 5.32 Å². The molecule has 2 aromatic carbocycles. The number of rotatable bonds is 10. The average Bonchev–Trinajstić information content (AvgIpc) is 2.70. The van der Waals surface area contributed by atoms with Crippen molar-refractivity contribution in [2.45, 2.75) is 25.9 Å². The molecule has 0 aliphatic heterocycles. The molecule has 6 nitrogen and oxygen atoms in total. The highest BCUT2D eigenvalue weighted by Crippen LogP contribution is 2.26. The van der Waals surface area contributed by atoms with Gasteiger partial charge in [0.2, 0.25) is 5.91 Å². The fourth-order valence-electron chi connectivity index (χ4n) is 2.54. The van der Waals surface area contributed by atoms with Crippen molar-refractivity contribution in [2.24, 2.45) is 0 Å². The molecular weight excluding hydrogens is 401 g/mol. The molecule has 0 fully saturated rings. The summed E-state index contributed by atoms with van der Waals surface area (Å²) in [5.74, 6) is -0.110. The van der Waals surface area contributed by atoms with Gasteiger partial charge in [-0.15, -0.1) is 0 Å². The summed E-state index contributed by atoms with van der Waals surface area (Å²) in [5, 5.41) is 4.35. The number of ether oxygens (including phenoxy) is 2. The molecule has 0 unspecified atom stereocenters. The molecule has 9 heteroatoms. The monoisotopic (exact) mass is 424 g/mol. The second-order valence-electron chi connectivity index (χ2n) is 6.22. The molecule has 0 saturated carbocycles. The summed E-state index contributed by atoms with van der Waals surface area (Å²) in [5.41, 5.74) is 0.0989. The van der Waals surface area contributed by atoms with Crippen LogP contribution < -0.4 is 20.1 Å². The van der Waals surface area contributed by atoms with Crippen molar-refractivity contribution in [1.29, 1.82) is 0 Å². The Kier molecular flexibility index (Phi) is 8.52. The SMILES string of the molecule is CCOc1ccccc1OCCCC(=O)Nc1ccccc1C(=O)NCC(F)(F)F. The van der Waals surface area contributed by atoms with Gasteiger partial charge in [0.25, 0.3) is 5.91 Å². The Bertz CT molecular complexity index is 856. The second kappa shape index (κ2) is 11.1. The standard InChI is InChI=1S/C21H23F3N2O4/c1-2-29-17-10-5-6-11-18(17)30-13-7-12-19(27)26-16-9-4-3-8-15(16)20(28)25-14-21(22,23)24/h3-6,8-11H,2,7,12-14H2,1H3,(H,25,28)(H,26,27). The first-order valence-electron chi connectivity index (χ1n) is 9.38. The molecule has 0 bridgehead atoms. The zero-order valence-electron chi connectivity index (χ0n) is 16.4. The van der Waals surface area contributed by atoms with Crippen molar-refractivity contribution in [1.82, 2.24) is 5.32 Å². The Hall–Kier alpha value is -3.23. The van der Waals surface area contributed by atoms with Crippen LogP contribution >= 0.6 is 0 Å². The number of anilines is 1. The fourth-order valence-corrected chi connectivity index (χ4v) is 2.54. The van der Waals surface area contributed by atoms with E-state index in [1.165, 1.54) is 18.2 Å². The van der Waals surface area contributed by atoms with E-state index >= 15 is 0 Å². The molecule has 162 valence electrons. The number of hydrogen-bond donors (Lipinski definition) is 2. The summed E-state index contributed by atoms with van der Waals surface area (Å²) in [7, 11) is 0. The number of hydrogen-bond acceptors (Lipinski definition) is 4. The molecule has 0 aromatic heterocycles. The highest BCUT2D eigenvalue weighted by atomic mass is 19.4. The van der Waals surface area contributed by atoms with Crippen LogP contribution in [0.25, 0.3) is 0 Å². The van der Waals surface area contributed by atoms with Gasteiger partial charge in [-0.1, -0.05) is 24.3 Å². The first kappa shape index (κ1) is 23.1. The van der Waals surface area contributed by atoms with Gasteiger partial charge in [0.1, 0.15) is 6.54 Å². The minimum Gasteiger partial charge on any atom is -0.490 e. The van der Waals surface area contributed by atoms with Crippen molar-refractivity contribution in [3.8, 4) is 11.5 Å². The fraction of sp³-hybridized carbons (Fsp3) is 0.333. The summed E-state index contributed by atoms with van der Waals surface area (Å²) in [6.45, 7) is 1.18. The first-order valence-corrected chi connectivity index (χ1v) is 9.38. The van der Waals surface area contributed by atoms with Gasteiger partial charge in [-0.3, -0.25) is 9.59 Å². The molecule has 2 amide bonds. The first-order chi connectivity index (χ1) is 14.3. The molecule has 2 rings (SSSR count). The molecule has 2 aromatic rings. The van der Waals surface area contributed by atoms with Gasteiger partial charge in [0.15, 0.2) is 11.5 Å². The number of carbonyl (C=O) groups is 2. The van der Waals surface area contributed by atoms with E-state index in [1.54, 1.807) is 23.5 Å². The molecule has 2 N–H and O–H groups in total. The van der Waals surface area contributed by atoms with E-state index in [9.17, 15) is 22.8 Å². The highest BCUT2D eigenvalue weighted by Gasteiger charge is 2.28. The van der Waals surface area contributed by atoms with Crippen LogP contribution in [0.15, 0.2) is 48.5 Å². The number of alkyl halides is 3. The molecule has 30 heavy (non-hydrogen) atoms. The molecule has 0 aliphatic carbocycles. The lowest BCUT2D eigenvalue weighted by Gasteiger charge is -2.13. The zero-order chi connectivity index (χ0) is 22.0. The molecular formula is C21H23F3N2O4. The Labute approximate surface area is 172 Å². The minimum absolute atomic E-state index is 0.0445. The Morgan fingerprint density at radius 2 is 1.60 bits per heavy atom. The van der Waals surface area contributed by atoms with Gasteiger partial charge in [-0.25, -0.2) is 0 Å². The second-order valence-corrected chi connectivity index (χ2v) is 6.22. The molecule has 0 spiro atoms. The molecule has 0 saturated heterocycles. The van der Waals surface area contributed by atoms with Gasteiger partial charge in [-0.05, 0) is 37.6 Å². The van der Waals surface area contributed by atoms with Gasteiger partial charge >= 0.3 is 6.18 Å². The Morgan fingerprint density at radius 3 is 2.27 bits per heavy atom. The summed E-state index contributed by atoms with van der Waals surface area (Å²) in [6, 6.07) is 13.1. The maximum absolute atomic E-state index is 12.3. The maximum Gasteiger partial charge on any atom is 0.405 e. The third-order valence-corrected chi connectivity index (χ3v) is 3.85. The molecule has 0 aliphatic rings. The summed E-state index contributed by atoms with van der Waals surface area (Å²) >= 11 is 0. The van der Waals surface area contributed by atoms with E-state index < -0.39 is 18.6 Å². The van der Waals surface area contributed by atoms with Crippen molar-refractivity contribution in [3.05, 3.63) is 54.1 Å². The van der Waals surface area contributed by atoms with E-state index in [4.69, 9.17) is 9.47 Å². The maximum atomic E-state index is 12.3. The minimum atomic E-state index is -4.52. The topological polar surface area (TPSA) is 76.7 Å². The van der Waals surface area contributed by atoms with Gasteiger partial charge < -0.3 is 20.1 Å². The number of para-hydroxylation sites is 3. The lowest BCUT2D eigenvalue weighted by molar-refractivity contribution is -0.123. The van der Waals surface area contributed by atoms with Crippen LogP contribution in [0.4, 0.5) is 18.9 Å². The highest BCUT2D eigenvalue weighted by molar-refractivity contribution is 6.03.